The van der Waals surface area contributed by atoms with Gasteiger partial charge in [-0.05, 0) is 96.3 Å². The van der Waals surface area contributed by atoms with Crippen molar-refractivity contribution in [3.05, 3.63) is 40.3 Å². The van der Waals surface area contributed by atoms with Crippen LogP contribution in [-0.2, 0) is 19.6 Å². The van der Waals surface area contributed by atoms with E-state index in [-0.39, 0.29) is 34.2 Å². The Labute approximate surface area is 254 Å². The number of amides is 1. The first-order valence-electron chi connectivity index (χ1n) is 14.8. The Bertz CT molecular complexity index is 1420. The van der Waals surface area contributed by atoms with Gasteiger partial charge in [-0.25, -0.2) is 13.2 Å². The lowest BCUT2D eigenvalue weighted by Crippen LogP contribution is -2.49. The molecule has 0 spiro atoms. The summed E-state index contributed by atoms with van der Waals surface area (Å²) in [6.45, 7) is 8.31. The standard InChI is InChI=1S/C32H43N3O5S2/c1-22-9-11-23(12-10-22)30(36)35(28-20-26(17-18-32(2,3)4)41-29(28)31(37)40-6)25-15-13-24(14-16-25)34(5)42(38,39)27-8-7-19-33-21-27/h7-8,19-25H,9-16H2,1-6H3. The van der Waals surface area contributed by atoms with Crippen LogP contribution in [0.5, 0.6) is 0 Å². The van der Waals surface area contributed by atoms with Crippen LogP contribution in [0.2, 0.25) is 0 Å². The van der Waals surface area contributed by atoms with Crippen LogP contribution in [-0.4, -0.2) is 55.8 Å². The third-order valence-electron chi connectivity index (χ3n) is 8.36. The number of anilines is 1. The Morgan fingerprint density at radius 3 is 2.26 bits per heavy atom. The molecule has 10 heteroatoms. The Balaban J connectivity index is 1.65. The number of ether oxygens (including phenoxy) is 1. The summed E-state index contributed by atoms with van der Waals surface area (Å²) in [6.07, 6.45) is 9.01. The lowest BCUT2D eigenvalue weighted by molar-refractivity contribution is -0.124. The molecule has 8 nitrogen and oxygen atoms in total. The van der Waals surface area contributed by atoms with E-state index in [1.807, 2.05) is 31.7 Å². The highest BCUT2D eigenvalue weighted by atomic mass is 32.2. The Morgan fingerprint density at radius 1 is 1.05 bits per heavy atom. The van der Waals surface area contributed by atoms with Gasteiger partial charge < -0.3 is 9.64 Å². The summed E-state index contributed by atoms with van der Waals surface area (Å²) >= 11 is 1.26. The minimum Gasteiger partial charge on any atom is -0.465 e. The maximum atomic E-state index is 14.3. The van der Waals surface area contributed by atoms with E-state index in [4.69, 9.17) is 4.74 Å². The molecule has 0 radical (unpaired) electrons. The molecule has 0 saturated heterocycles. The molecule has 0 bridgehead atoms. The summed E-state index contributed by atoms with van der Waals surface area (Å²) < 4.78 is 33.1. The average Bonchev–Trinajstić information content (AvgIpc) is 3.40. The van der Waals surface area contributed by atoms with Gasteiger partial charge >= 0.3 is 5.97 Å². The van der Waals surface area contributed by atoms with Crippen molar-refractivity contribution in [1.82, 2.24) is 9.29 Å². The van der Waals surface area contributed by atoms with Crippen LogP contribution >= 0.6 is 11.3 Å². The molecule has 0 unspecified atom stereocenters. The molecule has 0 N–H and O–H groups in total. The van der Waals surface area contributed by atoms with Gasteiger partial charge in [0.25, 0.3) is 0 Å². The van der Waals surface area contributed by atoms with E-state index in [2.05, 4.69) is 23.7 Å². The molecule has 2 saturated carbocycles. The normalized spacial score (nSPS) is 23.1. The molecule has 42 heavy (non-hydrogen) atoms. The molecule has 2 aliphatic carbocycles. The SMILES string of the molecule is COC(=O)c1sc(C#CC(C)(C)C)cc1N(C(=O)C1CCC(C)CC1)C1CCC(N(C)S(=O)(=O)c2cccnc2)CC1. The monoisotopic (exact) mass is 613 g/mol. The average molecular weight is 614 g/mol. The van der Waals surface area contributed by atoms with Gasteiger partial charge in [0.15, 0.2) is 0 Å². The maximum absolute atomic E-state index is 14.3. The van der Waals surface area contributed by atoms with Crippen LogP contribution in [0.4, 0.5) is 5.69 Å². The number of esters is 1. The fourth-order valence-electron chi connectivity index (χ4n) is 5.85. The van der Waals surface area contributed by atoms with Crippen molar-refractivity contribution in [2.45, 2.75) is 96.0 Å². The second kappa shape index (κ2) is 13.3. The predicted molar refractivity (Wildman–Crippen MR) is 166 cm³/mol. The minimum absolute atomic E-state index is 0.0416. The number of sulfonamides is 1. The van der Waals surface area contributed by atoms with Crippen molar-refractivity contribution < 1.29 is 22.7 Å². The third kappa shape index (κ3) is 7.42. The summed E-state index contributed by atoms with van der Waals surface area (Å²) in [5.74, 6) is 6.49. The highest BCUT2D eigenvalue weighted by Gasteiger charge is 2.39. The molecule has 228 valence electrons. The van der Waals surface area contributed by atoms with E-state index in [0.29, 0.717) is 47.0 Å². The smallest absolute Gasteiger partial charge is 0.350 e. The molecule has 2 aliphatic rings. The number of methoxy groups -OCH3 is 1. The van der Waals surface area contributed by atoms with Crippen LogP contribution in [0, 0.1) is 29.1 Å². The molecule has 1 amide bonds. The van der Waals surface area contributed by atoms with E-state index in [9.17, 15) is 18.0 Å². The fourth-order valence-corrected chi connectivity index (χ4v) is 8.15. The summed E-state index contributed by atoms with van der Waals surface area (Å²) in [5, 5.41) is 0. The number of pyridine rings is 1. The predicted octanol–water partition coefficient (Wildman–Crippen LogP) is 6.12. The first-order chi connectivity index (χ1) is 19.8. The van der Waals surface area contributed by atoms with Gasteiger partial charge in [-0.2, -0.15) is 4.31 Å². The molecule has 2 heterocycles. The number of hydrogen-bond acceptors (Lipinski definition) is 7. The lowest BCUT2D eigenvalue weighted by atomic mass is 9.81. The van der Waals surface area contributed by atoms with Crippen LogP contribution in [0.1, 0.15) is 93.6 Å². The molecular weight excluding hydrogens is 571 g/mol. The van der Waals surface area contributed by atoms with Crippen molar-refractivity contribution in [3.8, 4) is 11.8 Å². The zero-order valence-electron chi connectivity index (χ0n) is 25.6. The van der Waals surface area contributed by atoms with Gasteiger partial charge in [0, 0.05) is 42.9 Å². The highest BCUT2D eigenvalue weighted by molar-refractivity contribution is 7.89. The molecule has 2 fully saturated rings. The number of hydrogen-bond donors (Lipinski definition) is 0. The molecule has 0 aromatic carbocycles. The first-order valence-corrected chi connectivity index (χ1v) is 17.0. The van der Waals surface area contributed by atoms with Gasteiger partial charge in [-0.15, -0.1) is 11.3 Å². The first kappa shape index (κ1) is 32.2. The second-order valence-corrected chi connectivity index (χ2v) is 15.7. The number of aromatic nitrogens is 1. The largest absolute Gasteiger partial charge is 0.465 e. The quantitative estimate of drug-likeness (QED) is 0.276. The molecule has 2 aromatic rings. The zero-order valence-corrected chi connectivity index (χ0v) is 27.2. The summed E-state index contributed by atoms with van der Waals surface area (Å²) in [5.41, 5.74) is 0.346. The van der Waals surface area contributed by atoms with Crippen LogP contribution < -0.4 is 4.90 Å². The molecule has 4 rings (SSSR count). The van der Waals surface area contributed by atoms with Crippen molar-refractivity contribution in [2.24, 2.45) is 17.3 Å². The molecule has 2 aromatic heterocycles. The van der Waals surface area contributed by atoms with Crippen molar-refractivity contribution in [1.29, 1.82) is 0 Å². The Hall–Kier alpha value is -2.74. The van der Waals surface area contributed by atoms with E-state index in [0.717, 1.165) is 25.7 Å². The van der Waals surface area contributed by atoms with Crippen LogP contribution in [0.3, 0.4) is 0 Å². The third-order valence-corrected chi connectivity index (χ3v) is 11.3. The summed E-state index contributed by atoms with van der Waals surface area (Å²) in [7, 11) is -0.717. The minimum atomic E-state index is -3.69. The topological polar surface area (TPSA) is 96.9 Å². The zero-order chi connectivity index (χ0) is 30.7. The van der Waals surface area contributed by atoms with Crippen molar-refractivity contribution in [2.75, 3.05) is 19.1 Å². The van der Waals surface area contributed by atoms with E-state index >= 15 is 0 Å². The van der Waals surface area contributed by atoms with Crippen molar-refractivity contribution >= 4 is 38.9 Å². The van der Waals surface area contributed by atoms with Gasteiger partial charge in [0.1, 0.15) is 9.77 Å². The number of nitrogens with zero attached hydrogens (tertiary/aromatic N) is 3. The van der Waals surface area contributed by atoms with Crippen molar-refractivity contribution in [3.63, 3.8) is 0 Å². The second-order valence-electron chi connectivity index (χ2n) is 12.7. The fraction of sp³-hybridized carbons (Fsp3) is 0.594. The molecular formula is C32H43N3O5S2. The van der Waals surface area contributed by atoms with E-state index < -0.39 is 16.0 Å². The van der Waals surface area contributed by atoms with E-state index in [1.54, 1.807) is 25.4 Å². The van der Waals surface area contributed by atoms with Gasteiger partial charge in [0.05, 0.1) is 17.7 Å². The summed E-state index contributed by atoms with van der Waals surface area (Å²) in [6, 6.07) is 4.68. The van der Waals surface area contributed by atoms with Gasteiger partial charge in [0.2, 0.25) is 15.9 Å². The van der Waals surface area contributed by atoms with Crippen LogP contribution in [0.15, 0.2) is 35.5 Å². The number of carbonyl (C=O) groups excluding carboxylic acids is 2. The van der Waals surface area contributed by atoms with Crippen LogP contribution in [0.25, 0.3) is 0 Å². The number of rotatable bonds is 7. The molecule has 0 aliphatic heterocycles. The number of carbonyl (C=O) groups is 2. The summed E-state index contributed by atoms with van der Waals surface area (Å²) in [4.78, 5) is 34.4. The number of thiophene rings is 1. The maximum Gasteiger partial charge on any atom is 0.350 e. The van der Waals surface area contributed by atoms with Gasteiger partial charge in [-0.3, -0.25) is 9.78 Å². The Morgan fingerprint density at radius 2 is 1.69 bits per heavy atom. The molecule has 0 atom stereocenters. The lowest BCUT2D eigenvalue weighted by Gasteiger charge is -2.41. The Kier molecular flexibility index (Phi) is 10.2. The van der Waals surface area contributed by atoms with E-state index in [1.165, 1.54) is 28.9 Å². The highest BCUT2D eigenvalue weighted by Crippen LogP contribution is 2.40. The van der Waals surface area contributed by atoms with Gasteiger partial charge in [-0.1, -0.05) is 18.8 Å².